The van der Waals surface area contributed by atoms with E-state index in [9.17, 15) is 9.18 Å². The maximum atomic E-state index is 14.0. The Balaban J connectivity index is 2.79. The molecule has 25 heavy (non-hydrogen) atoms. The number of ketones is 1. The van der Waals surface area contributed by atoms with Crippen molar-refractivity contribution in [2.75, 3.05) is 28.4 Å². The molecule has 0 aliphatic rings. The van der Waals surface area contributed by atoms with Crippen LogP contribution in [-0.2, 0) is 0 Å². The van der Waals surface area contributed by atoms with Gasteiger partial charge in [0.05, 0.1) is 39.6 Å². The van der Waals surface area contributed by atoms with Crippen LogP contribution in [0, 0.1) is 19.7 Å². The standard InChI is InChI=1S/C19H21FO5/c1-10-9-14(23-4)18(24-5)19(25-6)15(10)17(21)16-11(2)12(20)7-8-13(16)22-3/h7-9H,1-6H3. The summed E-state index contributed by atoms with van der Waals surface area (Å²) in [5.74, 6) is 0.365. The van der Waals surface area contributed by atoms with Crippen LogP contribution in [0.2, 0.25) is 0 Å². The van der Waals surface area contributed by atoms with E-state index in [4.69, 9.17) is 18.9 Å². The number of ether oxygens (including phenoxy) is 4. The summed E-state index contributed by atoms with van der Waals surface area (Å²) in [5.41, 5.74) is 1.24. The quantitative estimate of drug-likeness (QED) is 0.745. The summed E-state index contributed by atoms with van der Waals surface area (Å²) in [6.07, 6.45) is 0. The molecule has 134 valence electrons. The first-order valence-electron chi connectivity index (χ1n) is 7.58. The first-order valence-corrected chi connectivity index (χ1v) is 7.58. The molecule has 0 aromatic heterocycles. The van der Waals surface area contributed by atoms with E-state index >= 15 is 0 Å². The lowest BCUT2D eigenvalue weighted by Crippen LogP contribution is -2.12. The van der Waals surface area contributed by atoms with Crippen molar-refractivity contribution in [3.05, 3.63) is 46.3 Å². The molecule has 0 saturated heterocycles. The lowest BCUT2D eigenvalue weighted by atomic mass is 9.93. The summed E-state index contributed by atoms with van der Waals surface area (Å²) in [4.78, 5) is 13.2. The van der Waals surface area contributed by atoms with Gasteiger partial charge >= 0.3 is 0 Å². The van der Waals surface area contributed by atoms with Crippen LogP contribution >= 0.6 is 0 Å². The average molecular weight is 348 g/mol. The fourth-order valence-corrected chi connectivity index (χ4v) is 2.80. The zero-order valence-electron chi connectivity index (χ0n) is 15.2. The van der Waals surface area contributed by atoms with E-state index in [1.165, 1.54) is 47.5 Å². The van der Waals surface area contributed by atoms with E-state index in [2.05, 4.69) is 0 Å². The normalized spacial score (nSPS) is 10.4. The number of hydrogen-bond donors (Lipinski definition) is 0. The molecule has 0 spiro atoms. The van der Waals surface area contributed by atoms with E-state index in [-0.39, 0.29) is 22.4 Å². The summed E-state index contributed by atoms with van der Waals surface area (Å²) >= 11 is 0. The van der Waals surface area contributed by atoms with Gasteiger partial charge < -0.3 is 18.9 Å². The topological polar surface area (TPSA) is 54.0 Å². The van der Waals surface area contributed by atoms with Crippen molar-refractivity contribution in [2.45, 2.75) is 13.8 Å². The number of rotatable bonds is 6. The van der Waals surface area contributed by atoms with Crippen LogP contribution in [0.4, 0.5) is 4.39 Å². The highest BCUT2D eigenvalue weighted by molar-refractivity contribution is 6.14. The number of carbonyl (C=O) groups excluding carboxylic acids is 1. The SMILES string of the molecule is COc1cc(C)c(C(=O)c2c(OC)ccc(F)c2C)c(OC)c1OC. The molecule has 0 fully saturated rings. The Bertz CT molecular complexity index is 814. The smallest absolute Gasteiger partial charge is 0.204 e. The molecular formula is C19H21FO5. The van der Waals surface area contributed by atoms with Gasteiger partial charge in [-0.15, -0.1) is 0 Å². The van der Waals surface area contributed by atoms with E-state index in [0.29, 0.717) is 22.8 Å². The molecule has 0 radical (unpaired) electrons. The lowest BCUT2D eigenvalue weighted by molar-refractivity contribution is 0.103. The summed E-state index contributed by atoms with van der Waals surface area (Å²) < 4.78 is 35.3. The summed E-state index contributed by atoms with van der Waals surface area (Å²) in [7, 11) is 5.82. The van der Waals surface area contributed by atoms with Gasteiger partial charge in [0.1, 0.15) is 11.6 Å². The summed E-state index contributed by atoms with van der Waals surface area (Å²) in [6, 6.07) is 4.37. The maximum Gasteiger partial charge on any atom is 0.204 e. The molecule has 0 N–H and O–H groups in total. The van der Waals surface area contributed by atoms with E-state index < -0.39 is 11.6 Å². The Morgan fingerprint density at radius 3 is 1.96 bits per heavy atom. The second-order valence-corrected chi connectivity index (χ2v) is 5.42. The van der Waals surface area contributed by atoms with Crippen molar-refractivity contribution in [1.82, 2.24) is 0 Å². The zero-order valence-corrected chi connectivity index (χ0v) is 15.2. The van der Waals surface area contributed by atoms with Crippen molar-refractivity contribution in [3.63, 3.8) is 0 Å². The van der Waals surface area contributed by atoms with Crippen molar-refractivity contribution < 1.29 is 28.1 Å². The predicted octanol–water partition coefficient (Wildman–Crippen LogP) is 3.71. The fourth-order valence-electron chi connectivity index (χ4n) is 2.80. The third kappa shape index (κ3) is 3.12. The highest BCUT2D eigenvalue weighted by Crippen LogP contribution is 2.43. The Labute approximate surface area is 146 Å². The Hall–Kier alpha value is -2.76. The number of methoxy groups -OCH3 is 4. The molecule has 0 bridgehead atoms. The molecule has 0 atom stereocenters. The molecule has 2 aromatic carbocycles. The van der Waals surface area contributed by atoms with Crippen LogP contribution in [0.5, 0.6) is 23.0 Å². The van der Waals surface area contributed by atoms with Gasteiger partial charge in [0.2, 0.25) is 11.5 Å². The monoisotopic (exact) mass is 348 g/mol. The molecule has 2 rings (SSSR count). The predicted molar refractivity (Wildman–Crippen MR) is 92.0 cm³/mol. The molecule has 0 amide bonds. The minimum absolute atomic E-state index is 0.149. The molecular weight excluding hydrogens is 327 g/mol. The summed E-state index contributed by atoms with van der Waals surface area (Å²) in [5, 5.41) is 0. The van der Waals surface area contributed by atoms with Crippen LogP contribution in [0.15, 0.2) is 18.2 Å². The molecule has 2 aromatic rings. The van der Waals surface area contributed by atoms with Gasteiger partial charge in [-0.3, -0.25) is 4.79 Å². The maximum absolute atomic E-state index is 14.0. The number of hydrogen-bond acceptors (Lipinski definition) is 5. The Kier molecular flexibility index (Phi) is 5.51. The molecule has 5 nitrogen and oxygen atoms in total. The van der Waals surface area contributed by atoms with Gasteiger partial charge in [0.15, 0.2) is 11.5 Å². The van der Waals surface area contributed by atoms with E-state index in [0.717, 1.165) is 0 Å². The Morgan fingerprint density at radius 2 is 1.44 bits per heavy atom. The zero-order chi connectivity index (χ0) is 18.7. The van der Waals surface area contributed by atoms with Crippen LogP contribution < -0.4 is 18.9 Å². The largest absolute Gasteiger partial charge is 0.496 e. The van der Waals surface area contributed by atoms with Gasteiger partial charge in [0, 0.05) is 0 Å². The highest BCUT2D eigenvalue weighted by Gasteiger charge is 2.28. The van der Waals surface area contributed by atoms with Crippen molar-refractivity contribution >= 4 is 5.78 Å². The number of carbonyl (C=O) groups is 1. The fraction of sp³-hybridized carbons (Fsp3) is 0.316. The minimum atomic E-state index is -0.485. The molecule has 0 aliphatic carbocycles. The van der Waals surface area contributed by atoms with Gasteiger partial charge in [-0.05, 0) is 43.2 Å². The summed E-state index contributed by atoms with van der Waals surface area (Å²) in [6.45, 7) is 3.28. The second kappa shape index (κ2) is 7.42. The van der Waals surface area contributed by atoms with Crippen LogP contribution in [0.25, 0.3) is 0 Å². The van der Waals surface area contributed by atoms with Crippen molar-refractivity contribution in [1.29, 1.82) is 0 Å². The third-order valence-electron chi connectivity index (χ3n) is 4.06. The Morgan fingerprint density at radius 1 is 0.840 bits per heavy atom. The van der Waals surface area contributed by atoms with Gasteiger partial charge in [0.25, 0.3) is 0 Å². The molecule has 6 heteroatoms. The molecule has 0 aliphatic heterocycles. The number of aryl methyl sites for hydroxylation is 1. The van der Waals surface area contributed by atoms with Crippen LogP contribution in [-0.4, -0.2) is 34.2 Å². The third-order valence-corrected chi connectivity index (χ3v) is 4.06. The average Bonchev–Trinajstić information content (AvgIpc) is 2.61. The number of halogens is 1. The van der Waals surface area contributed by atoms with E-state index in [1.807, 2.05) is 0 Å². The molecule has 0 unspecified atom stereocenters. The minimum Gasteiger partial charge on any atom is -0.496 e. The van der Waals surface area contributed by atoms with Crippen molar-refractivity contribution in [2.24, 2.45) is 0 Å². The second-order valence-electron chi connectivity index (χ2n) is 5.42. The van der Waals surface area contributed by atoms with E-state index in [1.54, 1.807) is 13.0 Å². The molecule has 0 heterocycles. The van der Waals surface area contributed by atoms with Gasteiger partial charge in [-0.1, -0.05) is 0 Å². The number of benzene rings is 2. The lowest BCUT2D eigenvalue weighted by Gasteiger charge is -2.19. The van der Waals surface area contributed by atoms with Crippen LogP contribution in [0.3, 0.4) is 0 Å². The van der Waals surface area contributed by atoms with Gasteiger partial charge in [-0.25, -0.2) is 4.39 Å². The molecule has 0 saturated carbocycles. The van der Waals surface area contributed by atoms with Gasteiger partial charge in [-0.2, -0.15) is 0 Å². The highest BCUT2D eigenvalue weighted by atomic mass is 19.1. The van der Waals surface area contributed by atoms with Crippen molar-refractivity contribution in [3.8, 4) is 23.0 Å². The van der Waals surface area contributed by atoms with Crippen LogP contribution in [0.1, 0.15) is 27.0 Å². The first kappa shape index (κ1) is 18.6. The first-order chi connectivity index (χ1) is 11.9.